The van der Waals surface area contributed by atoms with Gasteiger partial charge < -0.3 is 19.7 Å². The second-order valence-electron chi connectivity index (χ2n) is 12.2. The van der Waals surface area contributed by atoms with Gasteiger partial charge >= 0.3 is 0 Å². The Labute approximate surface area is 261 Å². The Kier molecular flexibility index (Phi) is 6.02. The summed E-state index contributed by atoms with van der Waals surface area (Å²) in [6.07, 6.45) is 6.29. The summed E-state index contributed by atoms with van der Waals surface area (Å²) in [7, 11) is 0. The minimum absolute atomic E-state index is 0.0447. The Bertz CT molecular complexity index is 2160. The van der Waals surface area contributed by atoms with Gasteiger partial charge in [0.05, 0.1) is 34.6 Å². The van der Waals surface area contributed by atoms with Crippen LogP contribution in [0.15, 0.2) is 73.4 Å². The monoisotopic (exact) mass is 618 g/mol. The molecule has 0 radical (unpaired) electrons. The van der Waals surface area contributed by atoms with Crippen LogP contribution in [-0.4, -0.2) is 76.8 Å². The molecular formula is C33H28F2N10O. The van der Waals surface area contributed by atoms with E-state index >= 15 is 0 Å². The van der Waals surface area contributed by atoms with Crippen molar-refractivity contribution in [2.24, 2.45) is 5.92 Å². The number of imidazole rings is 1. The van der Waals surface area contributed by atoms with Crippen molar-refractivity contribution in [3.63, 3.8) is 0 Å². The lowest BCUT2D eigenvalue weighted by atomic mass is 10.1. The summed E-state index contributed by atoms with van der Waals surface area (Å²) in [5.41, 5.74) is 4.27. The normalized spacial score (nSPS) is 21.1. The van der Waals surface area contributed by atoms with Crippen LogP contribution in [0.3, 0.4) is 0 Å². The van der Waals surface area contributed by atoms with Crippen LogP contribution < -0.4 is 10.2 Å². The fourth-order valence-corrected chi connectivity index (χ4v) is 7.32. The van der Waals surface area contributed by atoms with Crippen LogP contribution >= 0.6 is 0 Å². The Balaban J connectivity index is 1.13. The molecule has 7 heterocycles. The van der Waals surface area contributed by atoms with Crippen LogP contribution in [0.2, 0.25) is 0 Å². The molecule has 1 unspecified atom stereocenters. The summed E-state index contributed by atoms with van der Waals surface area (Å²) in [5.74, 6) is 0.134. The molecule has 0 saturated carbocycles. The lowest BCUT2D eigenvalue weighted by molar-refractivity contribution is -0.131. The standard InChI is InChI=1S/C33H28F2N10O/c34-20-7-8-27(24(35)11-20)45-32-23(13-39-45)31(36-17-37-32)44-16-21-12-28(44)33(46)42-10-9-19(14-42)15-43-18-38-26-5-1-3-22(30(26)43)25-4-2-6-29(40-21)41-25/h1-8,11,13,17-19,21,28H,9-10,12,14-16H2,(H,40,41)/t19?,21-,28-/m0/s1. The predicted octanol–water partition coefficient (Wildman–Crippen LogP) is 4.43. The molecule has 1 amide bonds. The number of para-hydroxylation sites is 1. The van der Waals surface area contributed by atoms with E-state index in [1.165, 1.54) is 23.1 Å². The number of nitrogens with zero attached hydrogens (tertiary/aromatic N) is 9. The van der Waals surface area contributed by atoms with Crippen LogP contribution in [0.1, 0.15) is 12.8 Å². The van der Waals surface area contributed by atoms with Crippen LogP contribution in [-0.2, 0) is 11.3 Å². The van der Waals surface area contributed by atoms with Gasteiger partial charge in [0, 0.05) is 43.9 Å². The highest BCUT2D eigenvalue weighted by Gasteiger charge is 2.42. The van der Waals surface area contributed by atoms with Crippen molar-refractivity contribution < 1.29 is 13.6 Å². The molecule has 3 atom stereocenters. The summed E-state index contributed by atoms with van der Waals surface area (Å²) < 4.78 is 31.9. The molecule has 2 fully saturated rings. The van der Waals surface area contributed by atoms with E-state index in [1.54, 1.807) is 6.20 Å². The van der Waals surface area contributed by atoms with E-state index in [1.807, 2.05) is 46.5 Å². The number of hydrogen-bond donors (Lipinski definition) is 1. The van der Waals surface area contributed by atoms with Gasteiger partial charge in [-0.05, 0) is 49.1 Å². The highest BCUT2D eigenvalue weighted by Crippen LogP contribution is 2.35. The van der Waals surface area contributed by atoms with E-state index in [9.17, 15) is 13.6 Å². The predicted molar refractivity (Wildman–Crippen MR) is 167 cm³/mol. The SMILES string of the molecule is O=C1[C@@H]2C[C@@H](CN2c2ncnc3c2cnn3-c2ccc(F)cc2F)Nc2cccc(n2)-c2cccc3ncn(c23)CC2CCN1C2. The number of pyridine rings is 1. The summed E-state index contributed by atoms with van der Waals surface area (Å²) in [6, 6.07) is 14.8. The molecule has 0 aliphatic carbocycles. The van der Waals surface area contributed by atoms with Gasteiger partial charge in [-0.1, -0.05) is 18.2 Å². The first-order chi connectivity index (χ1) is 22.5. The lowest BCUT2D eigenvalue weighted by Crippen LogP contribution is -2.45. The number of carbonyl (C=O) groups excluding carboxylic acids is 1. The number of nitrogens with one attached hydrogen (secondary N) is 1. The smallest absolute Gasteiger partial charge is 0.245 e. The summed E-state index contributed by atoms with van der Waals surface area (Å²) in [6.45, 7) is 2.55. The number of amides is 1. The molecule has 1 N–H and O–H groups in total. The zero-order chi connectivity index (χ0) is 30.9. The van der Waals surface area contributed by atoms with Crippen LogP contribution in [0.5, 0.6) is 0 Å². The molecule has 6 bridgehead atoms. The molecule has 9 rings (SSSR count). The zero-order valence-corrected chi connectivity index (χ0v) is 24.6. The highest BCUT2D eigenvalue weighted by molar-refractivity contribution is 5.93. The largest absolute Gasteiger partial charge is 0.365 e. The lowest BCUT2D eigenvalue weighted by Gasteiger charge is -2.28. The van der Waals surface area contributed by atoms with Crippen molar-refractivity contribution >= 4 is 39.6 Å². The number of fused-ring (bicyclic) bond motifs is 8. The summed E-state index contributed by atoms with van der Waals surface area (Å²) >= 11 is 0. The van der Waals surface area contributed by atoms with Gasteiger partial charge in [-0.3, -0.25) is 4.79 Å². The van der Waals surface area contributed by atoms with Crippen LogP contribution in [0, 0.1) is 17.6 Å². The van der Waals surface area contributed by atoms with Crippen molar-refractivity contribution in [2.45, 2.75) is 31.5 Å². The fraction of sp³-hybridized carbons (Fsp3) is 0.273. The molecule has 230 valence electrons. The third kappa shape index (κ3) is 4.29. The molecule has 4 aromatic heterocycles. The van der Waals surface area contributed by atoms with Crippen molar-refractivity contribution in [2.75, 3.05) is 29.9 Å². The summed E-state index contributed by atoms with van der Waals surface area (Å²) in [4.78, 5) is 37.0. The number of anilines is 2. The number of aromatic nitrogens is 7. The number of halogens is 2. The third-order valence-corrected chi connectivity index (χ3v) is 9.41. The number of hydrogen-bond acceptors (Lipinski definition) is 8. The number of rotatable bonds is 2. The first kappa shape index (κ1) is 26.9. The van der Waals surface area contributed by atoms with Gasteiger partial charge in [-0.15, -0.1) is 0 Å². The second-order valence-corrected chi connectivity index (χ2v) is 12.2. The molecule has 3 aliphatic rings. The average molecular weight is 619 g/mol. The van der Waals surface area contributed by atoms with Crippen LogP contribution in [0.4, 0.5) is 20.4 Å². The first-order valence-electron chi connectivity index (χ1n) is 15.4. The molecule has 3 aliphatic heterocycles. The van der Waals surface area contributed by atoms with E-state index in [0.29, 0.717) is 48.7 Å². The maximum absolute atomic E-state index is 14.8. The van der Waals surface area contributed by atoms with Gasteiger partial charge in [0.25, 0.3) is 0 Å². The minimum Gasteiger partial charge on any atom is -0.365 e. The first-order valence-corrected chi connectivity index (χ1v) is 15.4. The fourth-order valence-electron chi connectivity index (χ4n) is 7.32. The van der Waals surface area contributed by atoms with Gasteiger partial charge in [0.2, 0.25) is 5.91 Å². The van der Waals surface area contributed by atoms with Gasteiger partial charge in [-0.2, -0.15) is 5.10 Å². The third-order valence-electron chi connectivity index (χ3n) is 9.41. The Morgan fingerprint density at radius 3 is 2.78 bits per heavy atom. The van der Waals surface area contributed by atoms with Crippen LogP contribution in [0.25, 0.3) is 39.0 Å². The molecule has 46 heavy (non-hydrogen) atoms. The van der Waals surface area contributed by atoms with E-state index in [4.69, 9.17) is 4.98 Å². The molecular weight excluding hydrogens is 590 g/mol. The van der Waals surface area contributed by atoms with E-state index in [-0.39, 0.29) is 23.6 Å². The molecule has 11 nitrogen and oxygen atoms in total. The Morgan fingerprint density at radius 1 is 0.957 bits per heavy atom. The van der Waals surface area contributed by atoms with E-state index in [2.05, 4.69) is 36.0 Å². The minimum atomic E-state index is -0.755. The van der Waals surface area contributed by atoms with Crippen molar-refractivity contribution in [3.05, 3.63) is 85.1 Å². The zero-order valence-electron chi connectivity index (χ0n) is 24.6. The topological polar surface area (TPSA) is 110 Å². The average Bonchev–Trinajstić information content (AvgIpc) is 3.87. The molecule has 2 saturated heterocycles. The second kappa shape index (κ2) is 10.3. The molecule has 2 aromatic carbocycles. The van der Waals surface area contributed by atoms with Crippen molar-refractivity contribution in [1.82, 2.24) is 39.2 Å². The molecule has 0 spiro atoms. The molecule has 13 heteroatoms. The number of benzene rings is 2. The highest BCUT2D eigenvalue weighted by atomic mass is 19.1. The summed E-state index contributed by atoms with van der Waals surface area (Å²) in [5, 5.41) is 8.55. The molecule has 6 aromatic rings. The van der Waals surface area contributed by atoms with Crippen molar-refractivity contribution in [3.8, 4) is 16.9 Å². The Hall–Kier alpha value is -5.46. The maximum atomic E-state index is 14.8. The van der Waals surface area contributed by atoms with Gasteiger partial charge in [-0.25, -0.2) is 33.4 Å². The van der Waals surface area contributed by atoms with E-state index in [0.717, 1.165) is 41.3 Å². The Morgan fingerprint density at radius 2 is 1.87 bits per heavy atom. The maximum Gasteiger partial charge on any atom is 0.245 e. The van der Waals surface area contributed by atoms with Crippen molar-refractivity contribution in [1.29, 1.82) is 0 Å². The quantitative estimate of drug-likeness (QED) is 0.304. The van der Waals surface area contributed by atoms with Gasteiger partial charge in [0.1, 0.15) is 35.5 Å². The van der Waals surface area contributed by atoms with Gasteiger partial charge in [0.15, 0.2) is 11.5 Å². The number of carbonyl (C=O) groups is 1. The van der Waals surface area contributed by atoms with E-state index < -0.39 is 17.7 Å².